The number of likely N-dealkylation sites (N-methyl/N-ethyl adjacent to an activating group) is 1. The molecule has 1 heterocycles. The maximum Gasteiger partial charge on any atom is 0.320 e. The van der Waals surface area contributed by atoms with Gasteiger partial charge in [-0.05, 0) is 57.8 Å². The van der Waals surface area contributed by atoms with Crippen molar-refractivity contribution in [2.75, 3.05) is 26.2 Å². The van der Waals surface area contributed by atoms with Crippen molar-refractivity contribution < 1.29 is 4.79 Å². The monoisotopic (exact) mass is 295 g/mol. The van der Waals surface area contributed by atoms with Crippen molar-refractivity contribution in [1.82, 2.24) is 9.80 Å². The molecule has 0 radical (unpaired) electrons. The Morgan fingerprint density at radius 3 is 2.29 bits per heavy atom. The second-order valence-electron chi connectivity index (χ2n) is 6.85. The number of piperidine rings is 1. The first-order chi connectivity index (χ1) is 10.2. The topological polar surface area (TPSA) is 49.6 Å². The van der Waals surface area contributed by atoms with Crippen LogP contribution in [0, 0.1) is 5.92 Å². The van der Waals surface area contributed by atoms with Gasteiger partial charge in [0.1, 0.15) is 0 Å². The van der Waals surface area contributed by atoms with Crippen LogP contribution in [0.3, 0.4) is 0 Å². The van der Waals surface area contributed by atoms with Crippen molar-refractivity contribution in [1.29, 1.82) is 0 Å². The molecule has 4 nitrogen and oxygen atoms in total. The lowest BCUT2D eigenvalue weighted by Crippen LogP contribution is -2.61. The number of nitrogens with zero attached hydrogens (tertiary/aromatic N) is 2. The summed E-state index contributed by atoms with van der Waals surface area (Å²) in [5.41, 5.74) is 6.07. The molecule has 2 fully saturated rings. The van der Waals surface area contributed by atoms with Gasteiger partial charge in [-0.2, -0.15) is 0 Å². The molecule has 2 N–H and O–H groups in total. The van der Waals surface area contributed by atoms with Gasteiger partial charge in [-0.1, -0.05) is 13.3 Å². The molecule has 2 rings (SSSR count). The van der Waals surface area contributed by atoms with Crippen LogP contribution in [0.15, 0.2) is 0 Å². The molecule has 0 spiro atoms. The molecule has 1 saturated heterocycles. The highest BCUT2D eigenvalue weighted by molar-refractivity contribution is 5.75. The standard InChI is InChI=1S/C17H33N3O/c1-3-15-8-10-17(14-18,11-9-15)20(4-2)16(21)19-12-6-5-7-13-19/h15H,3-14,18H2,1-2H3. The van der Waals surface area contributed by atoms with E-state index in [9.17, 15) is 4.79 Å². The zero-order valence-corrected chi connectivity index (χ0v) is 13.9. The van der Waals surface area contributed by atoms with Crippen molar-refractivity contribution in [2.24, 2.45) is 11.7 Å². The molecule has 0 unspecified atom stereocenters. The van der Waals surface area contributed by atoms with Crippen LogP contribution in [0.5, 0.6) is 0 Å². The third kappa shape index (κ3) is 3.53. The van der Waals surface area contributed by atoms with Crippen LogP contribution in [0.2, 0.25) is 0 Å². The zero-order valence-electron chi connectivity index (χ0n) is 13.9. The molecule has 2 aliphatic rings. The van der Waals surface area contributed by atoms with Crippen molar-refractivity contribution in [3.63, 3.8) is 0 Å². The van der Waals surface area contributed by atoms with Gasteiger partial charge in [0.2, 0.25) is 0 Å². The lowest BCUT2D eigenvalue weighted by atomic mass is 9.74. The molecule has 2 amide bonds. The first-order valence-electron chi connectivity index (χ1n) is 8.93. The predicted molar refractivity (Wildman–Crippen MR) is 87.2 cm³/mol. The minimum atomic E-state index is -0.0883. The molecule has 0 bridgehead atoms. The van der Waals surface area contributed by atoms with E-state index in [0.717, 1.165) is 51.2 Å². The fourth-order valence-corrected chi connectivity index (χ4v) is 4.14. The number of rotatable bonds is 4. The second kappa shape index (κ2) is 7.48. The molecule has 122 valence electrons. The van der Waals surface area contributed by atoms with E-state index < -0.39 is 0 Å². The highest BCUT2D eigenvalue weighted by atomic mass is 16.2. The van der Waals surface area contributed by atoms with Crippen LogP contribution < -0.4 is 5.73 Å². The molecule has 0 atom stereocenters. The van der Waals surface area contributed by atoms with E-state index in [1.54, 1.807) is 0 Å². The number of urea groups is 1. The largest absolute Gasteiger partial charge is 0.328 e. The quantitative estimate of drug-likeness (QED) is 0.866. The first kappa shape index (κ1) is 16.6. The van der Waals surface area contributed by atoms with E-state index in [-0.39, 0.29) is 11.6 Å². The van der Waals surface area contributed by atoms with Crippen molar-refractivity contribution in [2.45, 2.75) is 70.8 Å². The third-order valence-electron chi connectivity index (χ3n) is 5.74. The summed E-state index contributed by atoms with van der Waals surface area (Å²) in [5.74, 6) is 0.827. The summed E-state index contributed by atoms with van der Waals surface area (Å²) in [6.07, 6.45) is 9.41. The summed E-state index contributed by atoms with van der Waals surface area (Å²) >= 11 is 0. The SMILES string of the molecule is CCC1CCC(CN)(N(CC)C(=O)N2CCCCC2)CC1. The fourth-order valence-electron chi connectivity index (χ4n) is 4.14. The highest BCUT2D eigenvalue weighted by Gasteiger charge is 2.42. The molecule has 1 aliphatic carbocycles. The Labute approximate surface area is 130 Å². The summed E-state index contributed by atoms with van der Waals surface area (Å²) in [5, 5.41) is 0. The number of amides is 2. The van der Waals surface area contributed by atoms with Crippen LogP contribution >= 0.6 is 0 Å². The van der Waals surface area contributed by atoms with Crippen molar-refractivity contribution in [3.05, 3.63) is 0 Å². The van der Waals surface area contributed by atoms with Gasteiger partial charge >= 0.3 is 6.03 Å². The number of hydrogen-bond acceptors (Lipinski definition) is 2. The number of carbonyl (C=O) groups is 1. The average molecular weight is 295 g/mol. The number of nitrogens with two attached hydrogens (primary N) is 1. The molecular weight excluding hydrogens is 262 g/mol. The van der Waals surface area contributed by atoms with E-state index in [1.165, 1.54) is 25.7 Å². The van der Waals surface area contributed by atoms with Crippen LogP contribution in [-0.4, -0.2) is 47.5 Å². The van der Waals surface area contributed by atoms with Crippen LogP contribution in [0.1, 0.15) is 65.2 Å². The lowest BCUT2D eigenvalue weighted by Gasteiger charge is -2.49. The molecule has 1 aliphatic heterocycles. The number of hydrogen-bond donors (Lipinski definition) is 1. The molecule has 0 aromatic carbocycles. The summed E-state index contributed by atoms with van der Waals surface area (Å²) < 4.78 is 0. The van der Waals surface area contributed by atoms with Gasteiger partial charge in [-0.15, -0.1) is 0 Å². The Balaban J connectivity index is 2.08. The average Bonchev–Trinajstić information content (AvgIpc) is 2.56. The summed E-state index contributed by atoms with van der Waals surface area (Å²) in [6, 6.07) is 0.234. The van der Waals surface area contributed by atoms with Gasteiger partial charge in [0.25, 0.3) is 0 Å². The number of likely N-dealkylation sites (tertiary alicyclic amines) is 1. The summed E-state index contributed by atoms with van der Waals surface area (Å²) in [7, 11) is 0. The second-order valence-corrected chi connectivity index (χ2v) is 6.85. The Bertz CT molecular complexity index is 331. The number of carbonyl (C=O) groups excluding carboxylic acids is 1. The maximum atomic E-state index is 12.9. The fraction of sp³-hybridized carbons (Fsp3) is 0.941. The van der Waals surface area contributed by atoms with E-state index in [0.29, 0.717) is 6.54 Å². The molecule has 0 aromatic rings. The Morgan fingerprint density at radius 1 is 1.19 bits per heavy atom. The predicted octanol–water partition coefficient (Wildman–Crippen LogP) is 3.21. The molecule has 0 aromatic heterocycles. The van der Waals surface area contributed by atoms with Gasteiger partial charge in [0, 0.05) is 26.2 Å². The van der Waals surface area contributed by atoms with Gasteiger partial charge in [-0.3, -0.25) is 0 Å². The third-order valence-corrected chi connectivity index (χ3v) is 5.74. The van der Waals surface area contributed by atoms with E-state index in [4.69, 9.17) is 5.73 Å². The smallest absolute Gasteiger partial charge is 0.320 e. The molecule has 1 saturated carbocycles. The van der Waals surface area contributed by atoms with Crippen LogP contribution in [0.4, 0.5) is 4.79 Å². The zero-order chi connectivity index (χ0) is 15.3. The van der Waals surface area contributed by atoms with Crippen LogP contribution in [-0.2, 0) is 0 Å². The molecular formula is C17H33N3O. The van der Waals surface area contributed by atoms with Crippen LogP contribution in [0.25, 0.3) is 0 Å². The normalized spacial score (nSPS) is 30.2. The van der Waals surface area contributed by atoms with Crippen molar-refractivity contribution in [3.8, 4) is 0 Å². The summed E-state index contributed by atoms with van der Waals surface area (Å²) in [4.78, 5) is 17.1. The van der Waals surface area contributed by atoms with Gasteiger partial charge < -0.3 is 15.5 Å². The Hall–Kier alpha value is -0.770. The van der Waals surface area contributed by atoms with E-state index in [1.807, 2.05) is 0 Å². The van der Waals surface area contributed by atoms with Crippen molar-refractivity contribution >= 4 is 6.03 Å². The lowest BCUT2D eigenvalue weighted by molar-refractivity contribution is 0.0502. The van der Waals surface area contributed by atoms with Gasteiger partial charge in [0.05, 0.1) is 5.54 Å². The van der Waals surface area contributed by atoms with E-state index in [2.05, 4.69) is 23.6 Å². The van der Waals surface area contributed by atoms with E-state index >= 15 is 0 Å². The Morgan fingerprint density at radius 2 is 1.81 bits per heavy atom. The Kier molecular flexibility index (Phi) is 5.91. The highest BCUT2D eigenvalue weighted by Crippen LogP contribution is 2.37. The molecule has 4 heteroatoms. The first-order valence-corrected chi connectivity index (χ1v) is 8.93. The van der Waals surface area contributed by atoms with Gasteiger partial charge in [0.15, 0.2) is 0 Å². The summed E-state index contributed by atoms with van der Waals surface area (Å²) in [6.45, 7) is 7.61. The minimum absolute atomic E-state index is 0.0883. The minimum Gasteiger partial charge on any atom is -0.328 e. The maximum absolute atomic E-state index is 12.9. The van der Waals surface area contributed by atoms with Gasteiger partial charge in [-0.25, -0.2) is 4.79 Å². The molecule has 21 heavy (non-hydrogen) atoms.